The first kappa shape index (κ1) is 15.6. The molecule has 6 nitrogen and oxygen atoms in total. The number of carbonyl (C=O) groups is 1. The largest absolute Gasteiger partial charge is 0.340 e. The molecule has 2 heterocycles. The maximum atomic E-state index is 11.3. The first-order chi connectivity index (χ1) is 11.5. The summed E-state index contributed by atoms with van der Waals surface area (Å²) in [6, 6.07) is 5.82. The Balaban J connectivity index is 1.55. The first-order valence-electron chi connectivity index (χ1n) is 7.50. The zero-order chi connectivity index (χ0) is 16.9. The Morgan fingerprint density at radius 3 is 2.71 bits per heavy atom. The van der Waals surface area contributed by atoms with E-state index in [4.69, 9.17) is 28.4 Å². The molecule has 24 heavy (non-hydrogen) atoms. The summed E-state index contributed by atoms with van der Waals surface area (Å²) in [5, 5.41) is 9.76. The van der Waals surface area contributed by atoms with E-state index in [0.717, 1.165) is 19.5 Å². The van der Waals surface area contributed by atoms with Gasteiger partial charge >= 0.3 is 0 Å². The fourth-order valence-corrected chi connectivity index (χ4v) is 3.85. The van der Waals surface area contributed by atoms with Crippen LogP contribution in [0.3, 0.4) is 0 Å². The molecule has 1 saturated carbocycles. The number of benzene rings is 1. The summed E-state index contributed by atoms with van der Waals surface area (Å²) in [4.78, 5) is 21.9. The lowest BCUT2D eigenvalue weighted by Crippen LogP contribution is -2.28. The van der Waals surface area contributed by atoms with Gasteiger partial charge in [0.05, 0.1) is 15.6 Å². The number of hydroxylamine groups is 1. The van der Waals surface area contributed by atoms with E-state index in [1.807, 2.05) is 18.2 Å². The van der Waals surface area contributed by atoms with Gasteiger partial charge in [0.25, 0.3) is 5.91 Å². The Labute approximate surface area is 148 Å². The predicted octanol–water partition coefficient (Wildman–Crippen LogP) is 2.68. The van der Waals surface area contributed by atoms with Crippen LogP contribution >= 0.6 is 23.2 Å². The molecule has 0 spiro atoms. The number of carbonyl (C=O) groups excluding carboxylic acids is 1. The molecule has 1 aliphatic carbocycles. The summed E-state index contributed by atoms with van der Waals surface area (Å²) < 4.78 is 0. The molecule has 2 aliphatic rings. The quantitative estimate of drug-likeness (QED) is 0.646. The molecular formula is C16H14Cl2N4O2. The van der Waals surface area contributed by atoms with Gasteiger partial charge in [-0.05, 0) is 30.0 Å². The van der Waals surface area contributed by atoms with E-state index in [1.165, 1.54) is 18.0 Å². The summed E-state index contributed by atoms with van der Waals surface area (Å²) in [5.41, 5.74) is 3.06. The van der Waals surface area contributed by atoms with Crippen LogP contribution in [-0.4, -0.2) is 34.2 Å². The predicted molar refractivity (Wildman–Crippen MR) is 89.7 cm³/mol. The highest BCUT2D eigenvalue weighted by Gasteiger charge is 2.61. The van der Waals surface area contributed by atoms with Gasteiger partial charge in [0.1, 0.15) is 0 Å². The Morgan fingerprint density at radius 2 is 2.04 bits per heavy atom. The SMILES string of the molecule is O=C(NO)c1cnc(N2C[C@H]3C[C@@]3(c3ccc(Cl)c(Cl)c3)C2)nc1. The van der Waals surface area contributed by atoms with Crippen molar-refractivity contribution in [2.45, 2.75) is 11.8 Å². The van der Waals surface area contributed by atoms with Gasteiger partial charge in [-0.25, -0.2) is 15.4 Å². The van der Waals surface area contributed by atoms with Crippen molar-refractivity contribution in [2.24, 2.45) is 5.92 Å². The molecule has 0 radical (unpaired) electrons. The van der Waals surface area contributed by atoms with Crippen LogP contribution in [0.2, 0.25) is 10.0 Å². The second kappa shape index (κ2) is 5.58. The van der Waals surface area contributed by atoms with Gasteiger partial charge in [-0.3, -0.25) is 10.0 Å². The van der Waals surface area contributed by atoms with Crippen molar-refractivity contribution in [3.05, 3.63) is 51.8 Å². The molecule has 1 aromatic carbocycles. The van der Waals surface area contributed by atoms with Crippen molar-refractivity contribution < 1.29 is 10.0 Å². The number of fused-ring (bicyclic) bond motifs is 1. The smallest absolute Gasteiger partial charge is 0.277 e. The van der Waals surface area contributed by atoms with Gasteiger partial charge < -0.3 is 4.90 Å². The third-order valence-electron chi connectivity index (χ3n) is 4.93. The lowest BCUT2D eigenvalue weighted by molar-refractivity contribution is 0.0705. The van der Waals surface area contributed by atoms with Crippen LogP contribution in [0.4, 0.5) is 5.95 Å². The highest BCUT2D eigenvalue weighted by Crippen LogP contribution is 2.59. The molecule has 124 valence electrons. The number of anilines is 1. The van der Waals surface area contributed by atoms with Gasteiger partial charge in [0.15, 0.2) is 0 Å². The zero-order valence-corrected chi connectivity index (χ0v) is 14.1. The van der Waals surface area contributed by atoms with Crippen molar-refractivity contribution in [3.63, 3.8) is 0 Å². The van der Waals surface area contributed by atoms with Crippen molar-refractivity contribution in [3.8, 4) is 0 Å². The highest BCUT2D eigenvalue weighted by atomic mass is 35.5. The second-order valence-corrected chi connectivity index (χ2v) is 7.09. The summed E-state index contributed by atoms with van der Waals surface area (Å²) in [6.07, 6.45) is 3.93. The van der Waals surface area contributed by atoms with Crippen molar-refractivity contribution in [2.75, 3.05) is 18.0 Å². The molecule has 1 aliphatic heterocycles. The van der Waals surface area contributed by atoms with Crippen molar-refractivity contribution >= 4 is 35.1 Å². The van der Waals surface area contributed by atoms with E-state index in [9.17, 15) is 4.79 Å². The highest BCUT2D eigenvalue weighted by molar-refractivity contribution is 6.42. The number of piperidine rings is 1. The maximum absolute atomic E-state index is 11.3. The van der Waals surface area contributed by atoms with E-state index < -0.39 is 5.91 Å². The van der Waals surface area contributed by atoms with E-state index in [-0.39, 0.29) is 11.0 Å². The molecule has 4 rings (SSSR count). The lowest BCUT2D eigenvalue weighted by atomic mass is 9.95. The van der Waals surface area contributed by atoms with Crippen LogP contribution in [0.5, 0.6) is 0 Å². The van der Waals surface area contributed by atoms with E-state index in [1.54, 1.807) is 5.48 Å². The van der Waals surface area contributed by atoms with E-state index in [0.29, 0.717) is 21.9 Å². The Bertz CT molecular complexity index is 814. The Kier molecular flexibility index (Phi) is 3.63. The van der Waals surface area contributed by atoms with Crippen LogP contribution in [0, 0.1) is 5.92 Å². The number of amides is 1. The van der Waals surface area contributed by atoms with Crippen LogP contribution in [0.25, 0.3) is 0 Å². The van der Waals surface area contributed by atoms with Gasteiger partial charge in [-0.2, -0.15) is 0 Å². The molecule has 1 amide bonds. The van der Waals surface area contributed by atoms with E-state index >= 15 is 0 Å². The molecule has 1 saturated heterocycles. The number of aromatic nitrogens is 2. The van der Waals surface area contributed by atoms with Gasteiger partial charge in [-0.1, -0.05) is 29.3 Å². The molecular weight excluding hydrogens is 351 g/mol. The van der Waals surface area contributed by atoms with Crippen LogP contribution in [0.15, 0.2) is 30.6 Å². The molecule has 0 unspecified atom stereocenters. The van der Waals surface area contributed by atoms with Gasteiger partial charge in [0, 0.05) is 30.9 Å². The van der Waals surface area contributed by atoms with Crippen LogP contribution < -0.4 is 10.4 Å². The number of nitrogens with zero attached hydrogens (tertiary/aromatic N) is 3. The van der Waals surface area contributed by atoms with Gasteiger partial charge in [0.2, 0.25) is 5.95 Å². The zero-order valence-electron chi connectivity index (χ0n) is 12.5. The van der Waals surface area contributed by atoms with Crippen LogP contribution in [0.1, 0.15) is 22.3 Å². The van der Waals surface area contributed by atoms with E-state index in [2.05, 4.69) is 14.9 Å². The number of rotatable bonds is 3. The molecule has 0 bridgehead atoms. The number of hydrogen-bond acceptors (Lipinski definition) is 5. The summed E-state index contributed by atoms with van der Waals surface area (Å²) in [5.74, 6) is 0.493. The van der Waals surface area contributed by atoms with Crippen LogP contribution in [-0.2, 0) is 5.41 Å². The summed E-state index contributed by atoms with van der Waals surface area (Å²) in [7, 11) is 0. The number of halogens is 2. The molecule has 2 fully saturated rings. The third kappa shape index (κ3) is 2.42. The second-order valence-electron chi connectivity index (χ2n) is 6.28. The molecule has 2 atom stereocenters. The third-order valence-corrected chi connectivity index (χ3v) is 5.66. The molecule has 2 N–H and O–H groups in total. The number of nitrogens with one attached hydrogen (secondary N) is 1. The average Bonchev–Trinajstić information content (AvgIpc) is 3.18. The van der Waals surface area contributed by atoms with Gasteiger partial charge in [-0.15, -0.1) is 0 Å². The summed E-state index contributed by atoms with van der Waals surface area (Å²) in [6.45, 7) is 1.67. The minimum atomic E-state index is -0.627. The maximum Gasteiger partial charge on any atom is 0.277 e. The topological polar surface area (TPSA) is 78.3 Å². The lowest BCUT2D eigenvalue weighted by Gasteiger charge is -2.21. The summed E-state index contributed by atoms with van der Waals surface area (Å²) >= 11 is 12.2. The minimum absolute atomic E-state index is 0.0821. The monoisotopic (exact) mass is 364 g/mol. The van der Waals surface area contributed by atoms with Crippen molar-refractivity contribution in [1.82, 2.24) is 15.4 Å². The number of hydrogen-bond donors (Lipinski definition) is 2. The standard InChI is InChI=1S/C16H14Cl2N4O2/c17-12-2-1-10(3-13(12)18)16-4-11(16)7-22(8-16)15-19-5-9(6-20-15)14(23)21-24/h1-3,5-6,11,24H,4,7-8H2,(H,21,23)/t11-,16+/m1/s1. The molecule has 1 aromatic heterocycles. The average molecular weight is 365 g/mol. The first-order valence-corrected chi connectivity index (χ1v) is 8.26. The minimum Gasteiger partial charge on any atom is -0.340 e. The van der Waals surface area contributed by atoms with Crippen molar-refractivity contribution in [1.29, 1.82) is 0 Å². The molecule has 2 aromatic rings. The normalized spacial score (nSPS) is 24.6. The Morgan fingerprint density at radius 1 is 1.29 bits per heavy atom. The Hall–Kier alpha value is -1.89. The fourth-order valence-electron chi connectivity index (χ4n) is 3.55. The fraction of sp³-hybridized carbons (Fsp3) is 0.312. The molecule has 8 heteroatoms.